The number of nitrogens with one attached hydrogen (secondary N) is 5. The van der Waals surface area contributed by atoms with E-state index in [4.69, 9.17) is 11.5 Å². The Morgan fingerprint density at radius 3 is 1.81 bits per heavy atom. The second kappa shape index (κ2) is 23.4. The van der Waals surface area contributed by atoms with Crippen LogP contribution in [0.15, 0.2) is 54.6 Å². The lowest BCUT2D eigenvalue weighted by Crippen LogP contribution is -2.61. The fourth-order valence-electron chi connectivity index (χ4n) is 7.12. The molecular formula is C42H58N8O12. The van der Waals surface area contributed by atoms with Gasteiger partial charge in [-0.3, -0.25) is 38.4 Å². The molecule has 0 saturated heterocycles. The van der Waals surface area contributed by atoms with Gasteiger partial charge in [-0.25, -0.2) is 9.69 Å². The highest BCUT2D eigenvalue weighted by Crippen LogP contribution is 2.30. The lowest BCUT2D eigenvalue weighted by atomic mass is 9.82. The smallest absolute Gasteiger partial charge is 0.414 e. The number of imide groups is 1. The normalized spacial score (nSPS) is 17.3. The Balaban J connectivity index is 1.87. The Hall–Kier alpha value is -6.57. The van der Waals surface area contributed by atoms with E-state index in [1.807, 2.05) is 0 Å². The number of phenols is 1. The number of phenolic OH excluding ortho intramolecular Hbond substituents is 1. The molecule has 1 fully saturated rings. The average Bonchev–Trinajstić information content (AvgIpc) is 3.21. The molecule has 20 nitrogen and oxygen atoms in total. The van der Waals surface area contributed by atoms with Gasteiger partial charge in [-0.1, -0.05) is 83.0 Å². The van der Waals surface area contributed by atoms with Crippen LogP contribution in [0.1, 0.15) is 70.9 Å². The molecule has 3 rings (SSSR count). The number of hydrogen-bond donors (Lipinski definition) is 10. The van der Waals surface area contributed by atoms with Gasteiger partial charge in [0.25, 0.3) is 0 Å². The number of carbonyl (C=O) groups excluding carboxylic acids is 7. The van der Waals surface area contributed by atoms with E-state index in [9.17, 15) is 58.5 Å². The van der Waals surface area contributed by atoms with E-state index >= 15 is 0 Å². The average molecular weight is 867 g/mol. The molecule has 20 heteroatoms. The number of nitrogens with zero attached hydrogens (tertiary/aromatic N) is 1. The van der Waals surface area contributed by atoms with Gasteiger partial charge in [0.2, 0.25) is 41.4 Å². The minimum atomic E-state index is -1.78. The van der Waals surface area contributed by atoms with Gasteiger partial charge < -0.3 is 53.4 Å². The van der Waals surface area contributed by atoms with Crippen LogP contribution in [0, 0.1) is 17.8 Å². The van der Waals surface area contributed by atoms with Gasteiger partial charge in [-0.2, -0.15) is 0 Å². The van der Waals surface area contributed by atoms with Gasteiger partial charge in [-0.15, -0.1) is 0 Å². The van der Waals surface area contributed by atoms with Crippen molar-refractivity contribution in [2.75, 3.05) is 6.54 Å². The zero-order chi connectivity index (χ0) is 46.3. The fourth-order valence-corrected chi connectivity index (χ4v) is 7.12. The van der Waals surface area contributed by atoms with Crippen molar-refractivity contribution in [3.8, 4) is 5.75 Å². The summed E-state index contributed by atoms with van der Waals surface area (Å²) in [6, 6.07) is 6.11. The Labute approximate surface area is 358 Å². The number of benzene rings is 2. The third kappa shape index (κ3) is 14.9. The fraction of sp³-hybridized carbons (Fsp3) is 0.500. The Morgan fingerprint density at radius 1 is 0.694 bits per heavy atom. The molecule has 0 heterocycles. The summed E-state index contributed by atoms with van der Waals surface area (Å²) >= 11 is 0. The van der Waals surface area contributed by atoms with Gasteiger partial charge in [0, 0.05) is 6.42 Å². The number of carboxylic acids is 1. The molecule has 0 radical (unpaired) electrons. The summed E-state index contributed by atoms with van der Waals surface area (Å²) in [5.41, 5.74) is 12.4. The Kier molecular flexibility index (Phi) is 18.8. The lowest BCUT2D eigenvalue weighted by Gasteiger charge is -2.38. The van der Waals surface area contributed by atoms with Crippen LogP contribution in [-0.4, -0.2) is 116 Å². The minimum Gasteiger partial charge on any atom is -0.508 e. The van der Waals surface area contributed by atoms with E-state index < -0.39 is 120 Å². The first-order valence-corrected chi connectivity index (χ1v) is 20.3. The van der Waals surface area contributed by atoms with Crippen molar-refractivity contribution in [2.24, 2.45) is 29.2 Å². The summed E-state index contributed by atoms with van der Waals surface area (Å²) in [7, 11) is 0. The third-order valence-corrected chi connectivity index (χ3v) is 10.4. The van der Waals surface area contributed by atoms with Crippen molar-refractivity contribution in [3.05, 3.63) is 65.7 Å². The second-order valence-electron chi connectivity index (χ2n) is 16.0. The molecule has 2 aromatic rings. The van der Waals surface area contributed by atoms with Gasteiger partial charge in [-0.05, 0) is 54.4 Å². The summed E-state index contributed by atoms with van der Waals surface area (Å²) in [4.78, 5) is 118. The summed E-state index contributed by atoms with van der Waals surface area (Å²) in [5.74, 6) is -9.80. The van der Waals surface area contributed by atoms with E-state index in [0.717, 1.165) is 0 Å². The molecule has 0 bridgehead atoms. The highest BCUT2D eigenvalue weighted by atomic mass is 16.4. The van der Waals surface area contributed by atoms with Crippen LogP contribution < -0.4 is 38.1 Å². The van der Waals surface area contributed by atoms with E-state index in [2.05, 4.69) is 26.6 Å². The number of aliphatic carboxylic acids is 1. The first-order chi connectivity index (χ1) is 29.2. The highest BCUT2D eigenvalue weighted by Gasteiger charge is 2.43. The summed E-state index contributed by atoms with van der Waals surface area (Å²) < 4.78 is 0. The molecule has 1 aliphatic carbocycles. The van der Waals surface area contributed by atoms with Crippen molar-refractivity contribution in [3.63, 3.8) is 0 Å². The number of hydrogen-bond acceptors (Lipinski definition) is 11. The number of carboxylic acid groups (broad SMARTS) is 2. The molecule has 338 valence electrons. The summed E-state index contributed by atoms with van der Waals surface area (Å²) in [6.45, 7) is 5.95. The maximum absolute atomic E-state index is 14.2. The van der Waals surface area contributed by atoms with E-state index in [0.29, 0.717) is 28.9 Å². The molecule has 2 aromatic carbocycles. The van der Waals surface area contributed by atoms with Crippen LogP contribution >= 0.6 is 0 Å². The molecule has 1 aliphatic rings. The van der Waals surface area contributed by atoms with Gasteiger partial charge in [0.05, 0.1) is 31.0 Å². The van der Waals surface area contributed by atoms with Crippen molar-refractivity contribution in [1.82, 2.24) is 31.5 Å². The predicted octanol–water partition coefficient (Wildman–Crippen LogP) is -0.102. The van der Waals surface area contributed by atoms with Gasteiger partial charge >= 0.3 is 12.1 Å². The van der Waals surface area contributed by atoms with Crippen LogP contribution in [-0.2, 0) is 51.2 Å². The van der Waals surface area contributed by atoms with E-state index in [1.165, 1.54) is 24.3 Å². The zero-order valence-electron chi connectivity index (χ0n) is 35.2. The quantitative estimate of drug-likeness (QED) is 0.0785. The molecule has 0 aliphatic heterocycles. The van der Waals surface area contributed by atoms with Crippen molar-refractivity contribution in [1.29, 1.82) is 0 Å². The number of aromatic hydroxyl groups is 1. The minimum absolute atomic E-state index is 0.0131. The topological polar surface area (TPSA) is 330 Å². The largest absolute Gasteiger partial charge is 0.508 e. The van der Waals surface area contributed by atoms with Gasteiger partial charge in [0.15, 0.2) is 0 Å². The maximum atomic E-state index is 14.2. The standard InChI is InChI=1S/C42H58N8O12/c1-22(2)34(39(58)45-21-32(44)52)49-40(59)35(23(3)4)48-38(57)30(20-33(53)54)47-37(56)29(19-24-10-6-5-7-11-24)46-36(55)27-12-8-9-13-31(27)50(42(61)62)41(60)28(43)18-25-14-16-26(51)17-15-25/h5-7,10-11,14-17,22-23,27-31,34-35,51H,8-9,12-13,18-21,43H2,1-4H3,(H2,44,52)(H,45,58)(H,46,55)(H,47,56)(H,48,57)(H,49,59)(H,53,54)(H,61,62)/t27-,28+,29+,30+,31-,34+,35+/m1/s1. The van der Waals surface area contributed by atoms with Crippen LogP contribution in [0.5, 0.6) is 5.75 Å². The SMILES string of the molecule is CC(C)[C@H](NC(=O)[C@H](CC(=O)O)NC(=O)[C@H](Cc1ccccc1)NC(=O)[C@@H]1CCCC[C@H]1N(C(=O)O)C(=O)[C@@H](N)Cc1ccc(O)cc1)C(=O)N[C@H](C(=O)NCC(N)=O)C(C)C. The number of nitrogens with two attached hydrogens (primary N) is 2. The molecule has 0 unspecified atom stereocenters. The van der Waals surface area contributed by atoms with Crippen LogP contribution in [0.2, 0.25) is 0 Å². The van der Waals surface area contributed by atoms with Crippen LogP contribution in [0.25, 0.3) is 0 Å². The molecule has 12 N–H and O–H groups in total. The molecule has 7 atom stereocenters. The van der Waals surface area contributed by atoms with Crippen LogP contribution in [0.4, 0.5) is 4.79 Å². The summed E-state index contributed by atoms with van der Waals surface area (Å²) in [6.07, 6.45) is -1.53. The monoisotopic (exact) mass is 866 g/mol. The Bertz CT molecular complexity index is 1930. The summed E-state index contributed by atoms with van der Waals surface area (Å²) in [5, 5.41) is 42.0. The van der Waals surface area contributed by atoms with Crippen LogP contribution in [0.3, 0.4) is 0 Å². The van der Waals surface area contributed by atoms with Gasteiger partial charge in [0.1, 0.15) is 29.9 Å². The molecule has 8 amide bonds. The Morgan fingerprint density at radius 2 is 1.24 bits per heavy atom. The highest BCUT2D eigenvalue weighted by molar-refractivity contribution is 5.98. The molecule has 0 spiro atoms. The zero-order valence-corrected chi connectivity index (χ0v) is 35.2. The molecular weight excluding hydrogens is 809 g/mol. The second-order valence-corrected chi connectivity index (χ2v) is 16.0. The van der Waals surface area contributed by atoms with Crippen molar-refractivity contribution in [2.45, 2.75) is 109 Å². The predicted molar refractivity (Wildman–Crippen MR) is 222 cm³/mol. The first kappa shape index (κ1) is 49.8. The number of amides is 8. The number of carbonyl (C=O) groups is 9. The van der Waals surface area contributed by atoms with Crippen molar-refractivity contribution >= 4 is 53.4 Å². The number of primary amides is 1. The third-order valence-electron chi connectivity index (χ3n) is 10.4. The lowest BCUT2D eigenvalue weighted by molar-refractivity contribution is -0.142. The molecule has 62 heavy (non-hydrogen) atoms. The van der Waals surface area contributed by atoms with E-state index in [-0.39, 0.29) is 31.4 Å². The van der Waals surface area contributed by atoms with E-state index in [1.54, 1.807) is 58.0 Å². The molecule has 1 saturated carbocycles. The number of rotatable bonds is 21. The first-order valence-electron chi connectivity index (χ1n) is 20.3. The maximum Gasteiger partial charge on any atom is 0.414 e. The van der Waals surface area contributed by atoms with Crippen molar-refractivity contribution < 1.29 is 58.5 Å². The molecule has 0 aromatic heterocycles.